The summed E-state index contributed by atoms with van der Waals surface area (Å²) in [4.78, 5) is 14.9. The molecule has 0 aromatic heterocycles. The number of benzene rings is 1. The smallest absolute Gasteiger partial charge is 0.240 e. The Labute approximate surface area is 163 Å². The minimum atomic E-state index is -3.51. The van der Waals surface area contributed by atoms with Gasteiger partial charge in [0, 0.05) is 25.7 Å². The van der Waals surface area contributed by atoms with Gasteiger partial charge >= 0.3 is 0 Å². The Balaban J connectivity index is 0.00000338. The summed E-state index contributed by atoms with van der Waals surface area (Å²) in [7, 11) is -3.51. The SMILES string of the molecule is CCC(CC)(CN)C(=O)N1CCC(NS(=O)(=O)c2ccccc2)CC1.Cl. The lowest BCUT2D eigenvalue weighted by Crippen LogP contribution is -2.52. The highest BCUT2D eigenvalue weighted by Gasteiger charge is 2.38. The number of carbonyl (C=O) groups excluding carboxylic acids is 1. The third-order valence-electron chi connectivity index (χ3n) is 5.36. The number of sulfonamides is 1. The van der Waals surface area contributed by atoms with Crippen LogP contribution in [0.4, 0.5) is 0 Å². The minimum Gasteiger partial charge on any atom is -0.342 e. The molecule has 0 saturated carbocycles. The molecule has 0 aliphatic carbocycles. The fourth-order valence-corrected chi connectivity index (χ4v) is 4.68. The number of hydrogen-bond donors (Lipinski definition) is 2. The number of carbonyl (C=O) groups is 1. The highest BCUT2D eigenvalue weighted by Crippen LogP contribution is 2.29. The quantitative estimate of drug-likeness (QED) is 0.729. The van der Waals surface area contributed by atoms with Gasteiger partial charge in [0.2, 0.25) is 15.9 Å². The number of hydrogen-bond acceptors (Lipinski definition) is 4. The molecule has 1 saturated heterocycles. The van der Waals surface area contributed by atoms with Crippen LogP contribution in [0.3, 0.4) is 0 Å². The first-order chi connectivity index (χ1) is 11.9. The number of nitrogens with one attached hydrogen (secondary N) is 1. The highest BCUT2D eigenvalue weighted by molar-refractivity contribution is 7.89. The average Bonchev–Trinajstić information content (AvgIpc) is 2.64. The van der Waals surface area contributed by atoms with E-state index in [0.29, 0.717) is 32.5 Å². The highest BCUT2D eigenvalue weighted by atomic mass is 35.5. The lowest BCUT2D eigenvalue weighted by atomic mass is 9.80. The van der Waals surface area contributed by atoms with Crippen molar-refractivity contribution in [2.75, 3.05) is 19.6 Å². The first kappa shape index (κ1) is 22.9. The summed E-state index contributed by atoms with van der Waals surface area (Å²) in [6.07, 6.45) is 2.68. The van der Waals surface area contributed by atoms with Gasteiger partial charge in [0.05, 0.1) is 10.3 Å². The zero-order valence-corrected chi connectivity index (χ0v) is 17.1. The topological polar surface area (TPSA) is 92.5 Å². The first-order valence-corrected chi connectivity index (χ1v) is 10.4. The molecule has 0 spiro atoms. The second-order valence-corrected chi connectivity index (χ2v) is 8.41. The first-order valence-electron chi connectivity index (χ1n) is 8.95. The van der Waals surface area contributed by atoms with Crippen LogP contribution in [0.2, 0.25) is 0 Å². The third kappa shape index (κ3) is 4.97. The van der Waals surface area contributed by atoms with Gasteiger partial charge in [0.15, 0.2) is 0 Å². The molecule has 0 atom stereocenters. The van der Waals surface area contributed by atoms with Gasteiger partial charge in [0.25, 0.3) is 0 Å². The Morgan fingerprint density at radius 1 is 1.19 bits per heavy atom. The number of amides is 1. The maximum Gasteiger partial charge on any atom is 0.240 e. The van der Waals surface area contributed by atoms with Gasteiger partial charge in [-0.2, -0.15) is 0 Å². The van der Waals surface area contributed by atoms with Crippen LogP contribution < -0.4 is 10.5 Å². The van der Waals surface area contributed by atoms with E-state index in [1.165, 1.54) is 0 Å². The van der Waals surface area contributed by atoms with Crippen LogP contribution in [-0.4, -0.2) is 44.9 Å². The Morgan fingerprint density at radius 3 is 2.19 bits per heavy atom. The summed E-state index contributed by atoms with van der Waals surface area (Å²) < 4.78 is 27.6. The Hall–Kier alpha value is -1.15. The van der Waals surface area contributed by atoms with Crippen LogP contribution in [0.1, 0.15) is 39.5 Å². The van der Waals surface area contributed by atoms with Gasteiger partial charge in [-0.25, -0.2) is 13.1 Å². The molecule has 6 nitrogen and oxygen atoms in total. The van der Waals surface area contributed by atoms with Crippen molar-refractivity contribution in [3.8, 4) is 0 Å². The molecule has 26 heavy (non-hydrogen) atoms. The average molecular weight is 404 g/mol. The molecular weight excluding hydrogens is 374 g/mol. The molecule has 148 valence electrons. The third-order valence-corrected chi connectivity index (χ3v) is 6.89. The Kier molecular flexibility index (Phi) is 8.53. The summed E-state index contributed by atoms with van der Waals surface area (Å²) in [5.41, 5.74) is 5.38. The van der Waals surface area contributed by atoms with Gasteiger partial charge in [-0.15, -0.1) is 12.4 Å². The molecule has 1 aromatic rings. The molecule has 0 unspecified atom stereocenters. The molecule has 8 heteroatoms. The van der Waals surface area contributed by atoms with E-state index in [4.69, 9.17) is 5.73 Å². The molecule has 1 aliphatic rings. The molecule has 1 aromatic carbocycles. The van der Waals surface area contributed by atoms with Crippen LogP contribution in [0.25, 0.3) is 0 Å². The van der Waals surface area contributed by atoms with Crippen LogP contribution in [0.15, 0.2) is 35.2 Å². The van der Waals surface area contributed by atoms with Gasteiger partial charge in [0.1, 0.15) is 0 Å². The Morgan fingerprint density at radius 2 is 1.73 bits per heavy atom. The van der Waals surface area contributed by atoms with Crippen LogP contribution in [0.5, 0.6) is 0 Å². The van der Waals surface area contributed by atoms with Crippen molar-refractivity contribution in [1.82, 2.24) is 9.62 Å². The number of likely N-dealkylation sites (tertiary alicyclic amines) is 1. The van der Waals surface area contributed by atoms with E-state index in [-0.39, 0.29) is 29.3 Å². The van der Waals surface area contributed by atoms with Crippen molar-refractivity contribution in [3.05, 3.63) is 30.3 Å². The van der Waals surface area contributed by atoms with Gasteiger partial charge in [-0.05, 0) is 37.8 Å². The lowest BCUT2D eigenvalue weighted by molar-refractivity contribution is -0.143. The van der Waals surface area contributed by atoms with Crippen LogP contribution in [0, 0.1) is 5.41 Å². The molecule has 1 fully saturated rings. The summed E-state index contributed by atoms with van der Waals surface area (Å²) in [5.74, 6) is 0.101. The van der Waals surface area contributed by atoms with E-state index in [0.717, 1.165) is 12.8 Å². The number of nitrogens with two attached hydrogens (primary N) is 1. The molecule has 3 N–H and O–H groups in total. The number of rotatable bonds is 7. The minimum absolute atomic E-state index is 0. The maximum absolute atomic E-state index is 12.8. The maximum atomic E-state index is 12.8. The van der Waals surface area contributed by atoms with E-state index in [2.05, 4.69) is 4.72 Å². The van der Waals surface area contributed by atoms with E-state index in [9.17, 15) is 13.2 Å². The molecule has 2 rings (SSSR count). The molecule has 0 radical (unpaired) electrons. The predicted octanol–water partition coefficient (Wildman–Crippen LogP) is 2.14. The summed E-state index contributed by atoms with van der Waals surface area (Å²) in [6.45, 7) is 5.45. The largest absolute Gasteiger partial charge is 0.342 e. The summed E-state index contributed by atoms with van der Waals surface area (Å²) in [5, 5.41) is 0. The predicted molar refractivity (Wildman–Crippen MR) is 106 cm³/mol. The van der Waals surface area contributed by atoms with Gasteiger partial charge in [-0.3, -0.25) is 4.79 Å². The van der Waals surface area contributed by atoms with E-state index in [1.807, 2.05) is 18.7 Å². The second-order valence-electron chi connectivity index (χ2n) is 6.69. The van der Waals surface area contributed by atoms with Crippen LogP contribution >= 0.6 is 12.4 Å². The number of nitrogens with zero attached hydrogens (tertiary/aromatic N) is 1. The van der Waals surface area contributed by atoms with E-state index >= 15 is 0 Å². The van der Waals surface area contributed by atoms with E-state index in [1.54, 1.807) is 30.3 Å². The van der Waals surface area contributed by atoms with Crippen molar-refractivity contribution >= 4 is 28.3 Å². The molecular formula is C18H30ClN3O3S. The summed E-state index contributed by atoms with van der Waals surface area (Å²) >= 11 is 0. The van der Waals surface area contributed by atoms with Crippen molar-refractivity contribution < 1.29 is 13.2 Å². The molecule has 0 bridgehead atoms. The van der Waals surface area contributed by atoms with Crippen molar-refractivity contribution in [2.24, 2.45) is 11.1 Å². The standard InChI is InChI=1S/C18H29N3O3S.ClH/c1-3-18(4-2,14-19)17(22)21-12-10-15(11-13-21)20-25(23,24)16-8-6-5-7-9-16;/h5-9,15,20H,3-4,10-14,19H2,1-2H3;1H. The Bertz CT molecular complexity index is 662. The second kappa shape index (κ2) is 9.69. The van der Waals surface area contributed by atoms with Crippen molar-refractivity contribution in [3.63, 3.8) is 0 Å². The molecule has 1 amide bonds. The van der Waals surface area contributed by atoms with Gasteiger partial charge < -0.3 is 10.6 Å². The molecule has 1 heterocycles. The number of piperidine rings is 1. The fraction of sp³-hybridized carbons (Fsp3) is 0.611. The fourth-order valence-electron chi connectivity index (χ4n) is 3.35. The van der Waals surface area contributed by atoms with Crippen molar-refractivity contribution in [1.29, 1.82) is 0 Å². The van der Waals surface area contributed by atoms with Crippen LogP contribution in [-0.2, 0) is 14.8 Å². The monoisotopic (exact) mass is 403 g/mol. The van der Waals surface area contributed by atoms with Gasteiger partial charge in [-0.1, -0.05) is 32.0 Å². The summed E-state index contributed by atoms with van der Waals surface area (Å²) in [6, 6.07) is 8.21. The van der Waals surface area contributed by atoms with Crippen molar-refractivity contribution in [2.45, 2.75) is 50.5 Å². The number of halogens is 1. The normalized spacial score (nSPS) is 16.2. The zero-order valence-electron chi connectivity index (χ0n) is 15.5. The zero-order chi connectivity index (χ0) is 18.5. The lowest BCUT2D eigenvalue weighted by Gasteiger charge is -2.39. The van der Waals surface area contributed by atoms with E-state index < -0.39 is 15.4 Å². The molecule has 1 aliphatic heterocycles.